The lowest BCUT2D eigenvalue weighted by Gasteiger charge is -2.34. The number of hydrogen-bond acceptors (Lipinski definition) is 24. The summed E-state index contributed by atoms with van der Waals surface area (Å²) in [7, 11) is -10.9. The van der Waals surface area contributed by atoms with Crippen LogP contribution >= 0.6 is 43.9 Å². The second-order valence-corrected chi connectivity index (χ2v) is 32.9. The van der Waals surface area contributed by atoms with Crippen molar-refractivity contribution in [2.75, 3.05) is 46.9 Å². The molecule has 0 aromatic rings. The molecule has 41 heteroatoms. The van der Waals surface area contributed by atoms with Crippen LogP contribution in [0, 0.1) is 11.8 Å². The highest BCUT2D eigenvalue weighted by molar-refractivity contribution is 7.59. The zero-order chi connectivity index (χ0) is 77.7. The molecule has 4 saturated heterocycles. The molecule has 104 heavy (non-hydrogen) atoms. The molecule has 0 aromatic heterocycles. The predicted molar refractivity (Wildman–Crippen MR) is 381 cm³/mol. The van der Waals surface area contributed by atoms with Crippen molar-refractivity contribution in [1.82, 2.24) is 40.9 Å². The van der Waals surface area contributed by atoms with Crippen LogP contribution in [0.15, 0.2) is 110 Å². The molecule has 8 aliphatic heterocycles. The lowest BCUT2D eigenvalue weighted by atomic mass is 9.99. The Labute approximate surface area is 613 Å². The highest BCUT2D eigenvalue weighted by atomic mass is 32.1. The first-order valence-corrected chi connectivity index (χ1v) is 39.9. The van der Waals surface area contributed by atoms with Crippen LogP contribution < -0.4 is 21.3 Å². The molecule has 592 valence electrons. The van der Waals surface area contributed by atoms with E-state index in [0.29, 0.717) is 28.9 Å². The molecule has 0 spiro atoms. The maximum Gasteiger partial charge on any atom is 0.349 e. The smallest absolute Gasteiger partial charge is 0.349 e. The van der Waals surface area contributed by atoms with Gasteiger partial charge in [0.05, 0.1) is 61.2 Å². The summed E-state index contributed by atoms with van der Waals surface area (Å²) < 4.78 is 116. The van der Waals surface area contributed by atoms with Crippen molar-refractivity contribution in [3.05, 3.63) is 110 Å². The van der Waals surface area contributed by atoms with Gasteiger partial charge >= 0.3 is 30.4 Å². The number of hydrogen-bond donors (Lipinski definition) is 12. The molecule has 4 amide bonds. The van der Waals surface area contributed by atoms with E-state index in [1.54, 1.807) is 52.8 Å². The molecule has 5 unspecified atom stereocenters. The fourth-order valence-electron chi connectivity index (χ4n) is 12.5. The van der Waals surface area contributed by atoms with Gasteiger partial charge in [-0.25, -0.2) is 0 Å². The van der Waals surface area contributed by atoms with Gasteiger partial charge < -0.3 is 137 Å². The second-order valence-electron chi connectivity index (χ2n) is 26.3. The number of nitrogens with zero attached hydrogens (tertiary/aromatic N) is 4. The van der Waals surface area contributed by atoms with Crippen LogP contribution in [0.2, 0.25) is 0 Å². The number of carbonyl (C=O) groups is 4. The van der Waals surface area contributed by atoms with Crippen LogP contribution in [0.1, 0.15) is 82.6 Å². The van der Waals surface area contributed by atoms with Crippen molar-refractivity contribution in [2.24, 2.45) is 11.8 Å². The summed E-state index contributed by atoms with van der Waals surface area (Å²) in [5, 5.41) is 10.3. The summed E-state index contributed by atoms with van der Waals surface area (Å²) in [6, 6.07) is 0. The number of ether oxygens (including phenoxy) is 12. The highest BCUT2D eigenvalue weighted by Crippen LogP contribution is 2.46. The van der Waals surface area contributed by atoms with Gasteiger partial charge in [0.1, 0.15) is 78.2 Å². The van der Waals surface area contributed by atoms with E-state index in [0.717, 1.165) is 5.82 Å². The zero-order valence-corrected chi connectivity index (χ0v) is 65.5. The fraction of sp³-hybridized carbons (Fsp3) is 0.651. The molecular formula is C63H106N8O28P4S. The maximum atomic E-state index is 11.5. The van der Waals surface area contributed by atoms with Gasteiger partial charge in [-0.05, 0) is 86.1 Å². The van der Waals surface area contributed by atoms with E-state index in [2.05, 4.69) is 47.6 Å². The number of methoxy groups -OCH3 is 4. The Bertz CT molecular complexity index is 3250. The van der Waals surface area contributed by atoms with Crippen molar-refractivity contribution in [3.63, 3.8) is 0 Å². The first-order valence-electron chi connectivity index (χ1n) is 32.8. The van der Waals surface area contributed by atoms with E-state index in [1.165, 1.54) is 65.1 Å². The van der Waals surface area contributed by atoms with Gasteiger partial charge in [-0.15, -0.1) is 0 Å². The van der Waals surface area contributed by atoms with E-state index >= 15 is 0 Å². The molecule has 8 heterocycles. The van der Waals surface area contributed by atoms with Crippen molar-refractivity contribution in [3.8, 4) is 0 Å². The summed E-state index contributed by atoms with van der Waals surface area (Å²) in [6.45, 7) is 35.1. The second kappa shape index (κ2) is 39.5. The number of carbonyl (C=O) groups excluding carboxylic acids is 4. The van der Waals surface area contributed by atoms with Gasteiger partial charge in [-0.1, -0.05) is 40.2 Å². The number of nitrogens with one attached hydrogen (secondary N) is 4. The van der Waals surface area contributed by atoms with Gasteiger partial charge in [0, 0.05) is 83.4 Å². The highest BCUT2D eigenvalue weighted by Gasteiger charge is 2.55. The molecule has 0 saturated carbocycles. The van der Waals surface area contributed by atoms with Crippen LogP contribution in [-0.4, -0.2) is 252 Å². The molecule has 0 aliphatic carbocycles. The Kier molecular flexibility index (Phi) is 34.8. The Hall–Kier alpha value is -4.79. The number of amides is 4. The maximum absolute atomic E-state index is 11.5. The van der Waals surface area contributed by atoms with Gasteiger partial charge in [-0.2, -0.15) is 13.5 Å². The summed E-state index contributed by atoms with van der Waals surface area (Å²) >= 11 is 0. The molecule has 0 radical (unpaired) electrons. The molecule has 12 N–H and O–H groups in total. The van der Waals surface area contributed by atoms with Crippen LogP contribution in [-0.2, 0) is 94.3 Å². The summed E-state index contributed by atoms with van der Waals surface area (Å²) in [5.74, 6) is 0.0444. The third kappa shape index (κ3) is 26.5. The monoisotopic (exact) mass is 1580 g/mol. The molecule has 0 bridgehead atoms. The fourth-order valence-corrected chi connectivity index (χ4v) is 15.6. The Balaban J connectivity index is 0.000000293. The Morgan fingerprint density at radius 3 is 1.01 bits per heavy atom. The Morgan fingerprint density at radius 1 is 0.452 bits per heavy atom. The van der Waals surface area contributed by atoms with Crippen LogP contribution in [0.5, 0.6) is 0 Å². The SMILES string of the molecule is C=C1NC(=O)C=CN1[C@@H]1O[C@H](/C(C)=C/P(=O)(O)O)[C@H](OC(C)C)C1OC.C=C1NC(=O)C=CN1[C@@H]1O[C@H](C(C)CP(=O)(O)O)[C@H](OC(C)C)C1OC.C=C1NC(=O)C=CN1[C@@H]1O[C@H](CCP(=O)(O)O)[C@H](OC(C)C)C1OC.C=C1NC(=O)C=CN1[C@@H]1O[C@H]([C@H](C)CP(=O)(O)O)[C@H](OC(C)C)C1OC.S. The van der Waals surface area contributed by atoms with Crippen LogP contribution in [0.4, 0.5) is 0 Å². The molecule has 8 rings (SSSR count). The van der Waals surface area contributed by atoms with Gasteiger partial charge in [-0.3, -0.25) is 37.4 Å². The minimum atomic E-state index is -4.38. The molecular weight excluding hydrogens is 1470 g/mol. The first-order chi connectivity index (χ1) is 47.7. The van der Waals surface area contributed by atoms with Crippen molar-refractivity contribution in [2.45, 2.75) is 205 Å². The third-order valence-corrected chi connectivity index (χ3v) is 20.1. The zero-order valence-electron chi connectivity index (χ0n) is 60.9. The summed E-state index contributed by atoms with van der Waals surface area (Å²) in [6.07, 6.45) is 0.559. The molecule has 18 atom stereocenters. The van der Waals surface area contributed by atoms with Crippen molar-refractivity contribution in [1.29, 1.82) is 0 Å². The van der Waals surface area contributed by atoms with E-state index in [1.807, 2.05) is 55.4 Å². The topological polar surface area (TPSA) is 470 Å². The molecule has 0 aromatic carbocycles. The van der Waals surface area contributed by atoms with E-state index in [-0.39, 0.29) is 86.4 Å². The Morgan fingerprint density at radius 2 is 0.731 bits per heavy atom. The standard InChI is InChI=1S/2C16H27N2O7P.C16H25N2O7P.C15H25N2O7P.H2S/c3*1-9(2)24-14-13(10(3)8-26(20,21)22)25-16(15(14)23-5)18-7-6-12(19)17-11(18)4;1-9(2)23-13-11(6-8-25(19,20)21)24-15(14(13)22-4)17-7-5-12(18)16-10(17)3;/h2*6-7,9-10,13-16H,4,8H2,1-3,5H3,(H,17,19)(H2,20,21,22);6-9,13-16H,4H2,1-3,5H3,(H,17,19)(H2,20,21,22);5,7,9,11,13-15H,3,6,8H2,1-2,4H3,(H,16,18)(H2,19,20,21);1H2/b;;10-8+;;/t10?,13-,14+,15?,16-;10-,13-,14+,15?,16-;13-,14+,15?,16-;11-,13+,14?,15-;/m1111./s1. The molecule has 8 aliphatic rings. The minimum absolute atomic E-state index is 0. The third-order valence-electron chi connectivity index (χ3n) is 16.4. The van der Waals surface area contributed by atoms with Crippen LogP contribution in [0.3, 0.4) is 0 Å². The lowest BCUT2D eigenvalue weighted by Crippen LogP contribution is -2.48. The number of rotatable bonds is 27. The van der Waals surface area contributed by atoms with E-state index in [9.17, 15) is 66.8 Å². The van der Waals surface area contributed by atoms with Crippen molar-refractivity contribution < 1.29 is 133 Å². The normalized spacial score (nSPS) is 30.2. The first kappa shape index (κ1) is 91.6. The summed E-state index contributed by atoms with van der Waals surface area (Å²) in [5.41, 5.74) is 0.337. The quantitative estimate of drug-likeness (QED) is 0.0526. The van der Waals surface area contributed by atoms with Crippen LogP contribution in [0.25, 0.3) is 0 Å². The molecule has 36 nitrogen and oxygen atoms in total. The van der Waals surface area contributed by atoms with E-state index in [4.69, 9.17) is 66.6 Å². The average molecular weight is 1580 g/mol. The average Bonchev–Trinajstić information content (AvgIpc) is 1.65. The van der Waals surface area contributed by atoms with Gasteiger partial charge in [0.25, 0.3) is 23.6 Å². The van der Waals surface area contributed by atoms with Gasteiger partial charge in [0.15, 0.2) is 24.9 Å². The van der Waals surface area contributed by atoms with Gasteiger partial charge in [0.2, 0.25) is 0 Å². The predicted octanol–water partition coefficient (Wildman–Crippen LogP) is 3.14. The van der Waals surface area contributed by atoms with E-state index < -0.39 is 140 Å². The molecule has 4 fully saturated rings. The lowest BCUT2D eigenvalue weighted by molar-refractivity contribution is -0.119. The minimum Gasteiger partial charge on any atom is -0.374 e. The largest absolute Gasteiger partial charge is 0.374 e. The van der Waals surface area contributed by atoms with Crippen molar-refractivity contribution >= 4 is 67.5 Å². The summed E-state index contributed by atoms with van der Waals surface area (Å²) in [4.78, 5) is 126.